The fourth-order valence-electron chi connectivity index (χ4n) is 1.67. The van der Waals surface area contributed by atoms with Gasteiger partial charge in [0, 0.05) is 6.92 Å². The lowest BCUT2D eigenvalue weighted by Crippen LogP contribution is -2.05. The largest absolute Gasteiger partial charge is 0.423 e. The topological polar surface area (TPSA) is 77.0 Å². The van der Waals surface area contributed by atoms with Crippen LogP contribution in [0, 0.1) is 6.92 Å². The average molecular weight is 284 g/mol. The summed E-state index contributed by atoms with van der Waals surface area (Å²) in [5.41, 5.74) is -1.13. The van der Waals surface area contributed by atoms with Crippen LogP contribution in [0.5, 0.6) is 0 Å². The van der Waals surface area contributed by atoms with E-state index < -0.39 is 11.7 Å². The summed E-state index contributed by atoms with van der Waals surface area (Å²) in [5.74, 6) is 0.305. The molecule has 104 valence electrons. The van der Waals surface area contributed by atoms with Gasteiger partial charge in [0.15, 0.2) is 5.58 Å². The van der Waals surface area contributed by atoms with E-state index in [4.69, 9.17) is 8.83 Å². The Morgan fingerprint density at radius 1 is 1.10 bits per heavy atom. The first-order valence-corrected chi connectivity index (χ1v) is 5.47. The molecule has 1 aromatic carbocycles. The van der Waals surface area contributed by atoms with E-state index in [0.717, 1.165) is 6.07 Å². The van der Waals surface area contributed by atoms with Gasteiger partial charge in [0.25, 0.3) is 0 Å². The molecule has 0 bridgehead atoms. The zero-order valence-electron chi connectivity index (χ0n) is 10.0. The predicted molar refractivity (Wildman–Crippen MR) is 61.3 cm³/mol. The molecule has 0 amide bonds. The number of aryl methyl sites for hydroxylation is 1. The van der Waals surface area contributed by atoms with Crippen molar-refractivity contribution in [3.05, 3.63) is 29.7 Å². The first-order valence-electron chi connectivity index (χ1n) is 5.47. The standard InChI is InChI=1S/C11H7F3N4O2/c1-5-17-18-10(19-5)16-9-15-8-6(11(12,13)14)3-2-4-7(8)20-9/h2-4H,1H3,(H,15,16,18). The summed E-state index contributed by atoms with van der Waals surface area (Å²) in [6.07, 6.45) is -4.51. The second-order valence-electron chi connectivity index (χ2n) is 3.92. The van der Waals surface area contributed by atoms with Gasteiger partial charge in [0.1, 0.15) is 5.52 Å². The predicted octanol–water partition coefficient (Wildman–Crippen LogP) is 3.28. The number of nitrogens with zero attached hydrogens (tertiary/aromatic N) is 3. The number of oxazole rings is 1. The monoisotopic (exact) mass is 284 g/mol. The second kappa shape index (κ2) is 4.22. The van der Waals surface area contributed by atoms with Gasteiger partial charge < -0.3 is 8.83 Å². The zero-order chi connectivity index (χ0) is 14.3. The van der Waals surface area contributed by atoms with E-state index in [1.54, 1.807) is 6.92 Å². The molecule has 0 unspecified atom stereocenters. The summed E-state index contributed by atoms with van der Waals surface area (Å²) in [4.78, 5) is 3.76. The van der Waals surface area contributed by atoms with E-state index >= 15 is 0 Å². The van der Waals surface area contributed by atoms with Gasteiger partial charge in [-0.3, -0.25) is 5.32 Å². The third-order valence-electron chi connectivity index (χ3n) is 2.46. The molecule has 0 aliphatic carbocycles. The number of anilines is 2. The van der Waals surface area contributed by atoms with Crippen molar-refractivity contribution in [3.8, 4) is 0 Å². The minimum Gasteiger partial charge on any atom is -0.423 e. The molecule has 2 heterocycles. The number of para-hydroxylation sites is 1. The Labute approximate surface area is 109 Å². The number of rotatable bonds is 2. The Morgan fingerprint density at radius 2 is 1.90 bits per heavy atom. The van der Waals surface area contributed by atoms with Crippen LogP contribution in [0.15, 0.2) is 27.0 Å². The van der Waals surface area contributed by atoms with E-state index in [1.165, 1.54) is 12.1 Å². The molecule has 0 radical (unpaired) electrons. The minimum absolute atomic E-state index is 0.0115. The fourth-order valence-corrected chi connectivity index (χ4v) is 1.67. The highest BCUT2D eigenvalue weighted by molar-refractivity contribution is 5.79. The molecular weight excluding hydrogens is 277 g/mol. The molecule has 0 saturated heterocycles. The second-order valence-corrected chi connectivity index (χ2v) is 3.92. The van der Waals surface area contributed by atoms with E-state index in [2.05, 4.69) is 20.5 Å². The zero-order valence-corrected chi connectivity index (χ0v) is 10.0. The lowest BCUT2D eigenvalue weighted by atomic mass is 10.2. The van der Waals surface area contributed by atoms with Crippen molar-refractivity contribution in [2.24, 2.45) is 0 Å². The maximum absolute atomic E-state index is 12.8. The Balaban J connectivity index is 2.02. The highest BCUT2D eigenvalue weighted by Crippen LogP contribution is 2.35. The summed E-state index contributed by atoms with van der Waals surface area (Å²) < 4.78 is 48.6. The van der Waals surface area contributed by atoms with Crippen LogP contribution in [0.25, 0.3) is 11.1 Å². The summed E-state index contributed by atoms with van der Waals surface area (Å²) in [5, 5.41) is 9.70. The first-order chi connectivity index (χ1) is 9.43. The van der Waals surface area contributed by atoms with Crippen molar-refractivity contribution in [1.82, 2.24) is 15.2 Å². The highest BCUT2D eigenvalue weighted by Gasteiger charge is 2.34. The molecule has 0 aliphatic heterocycles. The molecule has 3 rings (SSSR count). The van der Waals surface area contributed by atoms with Gasteiger partial charge in [-0.05, 0) is 12.1 Å². The van der Waals surface area contributed by atoms with Gasteiger partial charge in [-0.15, -0.1) is 5.10 Å². The van der Waals surface area contributed by atoms with Crippen LogP contribution < -0.4 is 5.32 Å². The Morgan fingerprint density at radius 3 is 2.55 bits per heavy atom. The summed E-state index contributed by atoms with van der Waals surface area (Å²) >= 11 is 0. The average Bonchev–Trinajstić information content (AvgIpc) is 2.93. The van der Waals surface area contributed by atoms with E-state index in [-0.39, 0.29) is 23.1 Å². The van der Waals surface area contributed by atoms with Crippen LogP contribution in [0.2, 0.25) is 0 Å². The van der Waals surface area contributed by atoms with E-state index in [9.17, 15) is 13.2 Å². The Bertz CT molecular complexity index is 762. The fraction of sp³-hybridized carbons (Fsp3) is 0.182. The molecule has 2 aromatic heterocycles. The third kappa shape index (κ3) is 2.17. The van der Waals surface area contributed by atoms with E-state index in [0.29, 0.717) is 5.89 Å². The quantitative estimate of drug-likeness (QED) is 0.778. The number of fused-ring (bicyclic) bond motifs is 1. The van der Waals surface area contributed by atoms with Gasteiger partial charge in [0.2, 0.25) is 5.89 Å². The molecule has 0 spiro atoms. The number of alkyl halides is 3. The third-order valence-corrected chi connectivity index (χ3v) is 2.46. The molecule has 0 aliphatic rings. The summed E-state index contributed by atoms with van der Waals surface area (Å²) in [6.45, 7) is 1.58. The SMILES string of the molecule is Cc1nnc(Nc2nc3c(C(F)(F)F)cccc3o2)o1. The van der Waals surface area contributed by atoms with Gasteiger partial charge in [0.05, 0.1) is 5.56 Å². The maximum Gasteiger partial charge on any atom is 0.418 e. The molecule has 0 fully saturated rings. The number of halogens is 3. The smallest absolute Gasteiger partial charge is 0.418 e. The van der Waals surface area contributed by atoms with Gasteiger partial charge in [-0.25, -0.2) is 0 Å². The number of hydrogen-bond acceptors (Lipinski definition) is 6. The lowest BCUT2D eigenvalue weighted by Gasteiger charge is -2.05. The highest BCUT2D eigenvalue weighted by atomic mass is 19.4. The van der Waals surface area contributed by atoms with Gasteiger partial charge in [-0.2, -0.15) is 18.2 Å². The van der Waals surface area contributed by atoms with Crippen LogP contribution in [-0.2, 0) is 6.18 Å². The van der Waals surface area contributed by atoms with Crippen molar-refractivity contribution in [1.29, 1.82) is 0 Å². The number of hydrogen-bond donors (Lipinski definition) is 1. The molecule has 6 nitrogen and oxygen atoms in total. The van der Waals surface area contributed by atoms with Gasteiger partial charge in [-0.1, -0.05) is 11.2 Å². The Hall–Kier alpha value is -2.58. The normalized spacial score (nSPS) is 12.0. The first kappa shape index (κ1) is 12.5. The molecule has 9 heteroatoms. The molecule has 0 atom stereocenters. The molecular formula is C11H7F3N4O2. The van der Waals surface area contributed by atoms with Crippen LogP contribution in [0.4, 0.5) is 25.2 Å². The van der Waals surface area contributed by atoms with Crippen molar-refractivity contribution >= 4 is 23.1 Å². The van der Waals surface area contributed by atoms with Gasteiger partial charge >= 0.3 is 18.2 Å². The number of nitrogens with one attached hydrogen (secondary N) is 1. The molecule has 0 saturated carbocycles. The number of benzene rings is 1. The molecule has 3 aromatic rings. The van der Waals surface area contributed by atoms with Crippen LogP contribution in [0.1, 0.15) is 11.5 Å². The summed E-state index contributed by atoms with van der Waals surface area (Å²) in [7, 11) is 0. The number of aromatic nitrogens is 3. The van der Waals surface area contributed by atoms with Crippen molar-refractivity contribution in [3.63, 3.8) is 0 Å². The molecule has 1 N–H and O–H groups in total. The van der Waals surface area contributed by atoms with Crippen LogP contribution in [0.3, 0.4) is 0 Å². The molecule has 20 heavy (non-hydrogen) atoms. The Kier molecular flexibility index (Phi) is 2.63. The summed E-state index contributed by atoms with van der Waals surface area (Å²) in [6, 6.07) is 3.41. The maximum atomic E-state index is 12.8. The van der Waals surface area contributed by atoms with Crippen LogP contribution in [-0.4, -0.2) is 15.2 Å². The van der Waals surface area contributed by atoms with Crippen LogP contribution >= 0.6 is 0 Å². The lowest BCUT2D eigenvalue weighted by molar-refractivity contribution is -0.136. The van der Waals surface area contributed by atoms with Crippen molar-refractivity contribution < 1.29 is 22.0 Å². The minimum atomic E-state index is -4.51. The van der Waals surface area contributed by atoms with E-state index in [1.807, 2.05) is 0 Å². The van der Waals surface area contributed by atoms with Crippen molar-refractivity contribution in [2.75, 3.05) is 5.32 Å². The van der Waals surface area contributed by atoms with Crippen molar-refractivity contribution in [2.45, 2.75) is 13.1 Å².